The molecule has 0 radical (unpaired) electrons. The number of carbonyl (C=O) groups excluding carboxylic acids is 1. The number of benzene rings is 1. The molecule has 10 heteroatoms. The number of hydrogen-bond donors (Lipinski definition) is 1. The first-order chi connectivity index (χ1) is 14.4. The Morgan fingerprint density at radius 3 is 2.80 bits per heavy atom. The number of aromatic nitrogens is 1. The first-order valence-corrected chi connectivity index (χ1v) is 11.0. The van der Waals surface area contributed by atoms with Gasteiger partial charge in [0.25, 0.3) is 5.91 Å². The molecule has 1 aromatic carbocycles. The maximum absolute atomic E-state index is 12.8. The molecule has 1 aliphatic rings. The predicted octanol–water partition coefficient (Wildman–Crippen LogP) is 4.02. The van der Waals surface area contributed by atoms with Crippen molar-refractivity contribution in [3.05, 3.63) is 40.2 Å². The van der Waals surface area contributed by atoms with Crippen LogP contribution in [0.3, 0.4) is 0 Å². The molecular formula is C20H21N3O5S2. The minimum absolute atomic E-state index is 0.129. The lowest BCUT2D eigenvalue weighted by molar-refractivity contribution is -0.144. The Morgan fingerprint density at radius 2 is 2.17 bits per heavy atom. The smallest absolute Gasteiger partial charge is 0.344 e. The number of rotatable bonds is 8. The number of likely N-dealkylation sites (N-methyl/N-ethyl adjacent to an activating group) is 1. The number of ether oxygens (including phenoxy) is 2. The summed E-state index contributed by atoms with van der Waals surface area (Å²) in [5.74, 6) is -0.446. The zero-order valence-electron chi connectivity index (χ0n) is 16.7. The summed E-state index contributed by atoms with van der Waals surface area (Å²) in [6.45, 7) is 6.05. The molecular weight excluding hydrogens is 426 g/mol. The van der Waals surface area contributed by atoms with Gasteiger partial charge in [0.1, 0.15) is 0 Å². The second-order valence-corrected chi connectivity index (χ2v) is 7.99. The molecule has 1 aromatic heterocycles. The van der Waals surface area contributed by atoms with Gasteiger partial charge in [0.15, 0.2) is 22.8 Å². The summed E-state index contributed by atoms with van der Waals surface area (Å²) in [5.41, 5.74) is 0.733. The number of amidine groups is 1. The standard InChI is InChI=1S/C20H21N3O5S2/c1-4-23-17(24)16(30-20(23)22-19-21-8-9-29-19)11-13-6-7-14(15(10-13)27-5-2)28-12(3)18(25)26/h6-12H,4-5H2,1-3H3,(H,25,26)/b16-11+,22-20+. The zero-order chi connectivity index (χ0) is 21.7. The molecule has 8 nitrogen and oxygen atoms in total. The summed E-state index contributed by atoms with van der Waals surface area (Å²) < 4.78 is 11.1. The Bertz CT molecular complexity index is 988. The highest BCUT2D eigenvalue weighted by Gasteiger charge is 2.32. The molecule has 2 heterocycles. The van der Waals surface area contributed by atoms with Gasteiger partial charge in [-0.05, 0) is 56.3 Å². The Hall–Kier alpha value is -2.85. The molecule has 1 amide bonds. The monoisotopic (exact) mass is 447 g/mol. The van der Waals surface area contributed by atoms with Gasteiger partial charge in [0.2, 0.25) is 5.13 Å². The number of carboxylic acid groups (broad SMARTS) is 1. The number of aliphatic imine (C=N–C) groups is 1. The van der Waals surface area contributed by atoms with E-state index in [2.05, 4.69) is 9.98 Å². The van der Waals surface area contributed by atoms with Crippen molar-refractivity contribution < 1.29 is 24.2 Å². The fraction of sp³-hybridized carbons (Fsp3) is 0.300. The van der Waals surface area contributed by atoms with E-state index in [1.165, 1.54) is 30.0 Å². The fourth-order valence-electron chi connectivity index (χ4n) is 2.60. The number of nitrogens with zero attached hydrogens (tertiary/aromatic N) is 3. The summed E-state index contributed by atoms with van der Waals surface area (Å²) in [7, 11) is 0. The van der Waals surface area contributed by atoms with Gasteiger partial charge < -0.3 is 14.6 Å². The number of carboxylic acids is 1. The van der Waals surface area contributed by atoms with Crippen molar-refractivity contribution in [3.63, 3.8) is 0 Å². The van der Waals surface area contributed by atoms with E-state index in [-0.39, 0.29) is 5.91 Å². The van der Waals surface area contributed by atoms with Crippen molar-refractivity contribution in [1.82, 2.24) is 9.88 Å². The van der Waals surface area contributed by atoms with Crippen molar-refractivity contribution in [3.8, 4) is 11.5 Å². The van der Waals surface area contributed by atoms with E-state index >= 15 is 0 Å². The van der Waals surface area contributed by atoms with E-state index in [0.29, 0.717) is 39.9 Å². The van der Waals surface area contributed by atoms with Gasteiger partial charge in [-0.2, -0.15) is 4.99 Å². The second-order valence-electron chi connectivity index (χ2n) is 6.11. The van der Waals surface area contributed by atoms with Crippen molar-refractivity contribution >= 4 is 51.4 Å². The Morgan fingerprint density at radius 1 is 1.37 bits per heavy atom. The van der Waals surface area contributed by atoms with E-state index < -0.39 is 12.1 Å². The van der Waals surface area contributed by atoms with Crippen LogP contribution in [0.1, 0.15) is 26.3 Å². The van der Waals surface area contributed by atoms with Crippen LogP contribution >= 0.6 is 23.1 Å². The van der Waals surface area contributed by atoms with Crippen LogP contribution in [0.4, 0.5) is 5.13 Å². The molecule has 30 heavy (non-hydrogen) atoms. The number of hydrogen-bond acceptors (Lipinski definition) is 8. The highest BCUT2D eigenvalue weighted by atomic mass is 32.2. The van der Waals surface area contributed by atoms with Crippen LogP contribution in [0.25, 0.3) is 6.08 Å². The number of aliphatic carboxylic acids is 1. The highest BCUT2D eigenvalue weighted by molar-refractivity contribution is 8.18. The van der Waals surface area contributed by atoms with Crippen molar-refractivity contribution in [2.45, 2.75) is 26.9 Å². The Labute approximate surface area is 182 Å². The lowest BCUT2D eigenvalue weighted by atomic mass is 10.1. The number of thiazole rings is 1. The number of carbonyl (C=O) groups is 2. The van der Waals surface area contributed by atoms with Crippen LogP contribution < -0.4 is 9.47 Å². The molecule has 1 N–H and O–H groups in total. The summed E-state index contributed by atoms with van der Waals surface area (Å²) in [4.78, 5) is 34.6. The summed E-state index contributed by atoms with van der Waals surface area (Å²) >= 11 is 2.69. The molecule has 158 valence electrons. The molecule has 1 fully saturated rings. The van der Waals surface area contributed by atoms with Crippen LogP contribution in [-0.2, 0) is 9.59 Å². The SMILES string of the molecule is CCOc1cc(/C=C2/S/C(=N/c3nccs3)N(CC)C2=O)ccc1OC(C)C(=O)O. The zero-order valence-corrected chi connectivity index (χ0v) is 18.3. The second kappa shape index (κ2) is 9.77. The minimum atomic E-state index is -1.07. The first-order valence-electron chi connectivity index (χ1n) is 9.28. The van der Waals surface area contributed by atoms with Gasteiger partial charge >= 0.3 is 5.97 Å². The van der Waals surface area contributed by atoms with E-state index in [9.17, 15) is 9.59 Å². The first kappa shape index (κ1) is 21.8. The maximum Gasteiger partial charge on any atom is 0.344 e. The van der Waals surface area contributed by atoms with E-state index in [0.717, 1.165) is 5.56 Å². The largest absolute Gasteiger partial charge is 0.490 e. The Balaban J connectivity index is 1.89. The third kappa shape index (κ3) is 5.00. The van der Waals surface area contributed by atoms with Crippen LogP contribution in [0.5, 0.6) is 11.5 Å². The molecule has 0 aliphatic carbocycles. The molecule has 0 bridgehead atoms. The van der Waals surface area contributed by atoms with Gasteiger partial charge in [-0.1, -0.05) is 6.07 Å². The molecule has 0 spiro atoms. The highest BCUT2D eigenvalue weighted by Crippen LogP contribution is 2.36. The van der Waals surface area contributed by atoms with Crippen LogP contribution in [0.2, 0.25) is 0 Å². The van der Waals surface area contributed by atoms with Crippen molar-refractivity contribution in [2.75, 3.05) is 13.2 Å². The fourth-order valence-corrected chi connectivity index (χ4v) is 4.20. The molecule has 1 atom stereocenters. The summed E-state index contributed by atoms with van der Waals surface area (Å²) in [6, 6.07) is 5.11. The average Bonchev–Trinajstić information content (AvgIpc) is 3.32. The number of amides is 1. The molecule has 3 rings (SSSR count). The van der Waals surface area contributed by atoms with Gasteiger partial charge in [-0.25, -0.2) is 9.78 Å². The molecule has 2 aromatic rings. The minimum Gasteiger partial charge on any atom is -0.490 e. The predicted molar refractivity (Wildman–Crippen MR) is 118 cm³/mol. The van der Waals surface area contributed by atoms with Gasteiger partial charge in [-0.3, -0.25) is 9.69 Å². The Kier molecular flexibility index (Phi) is 7.11. The van der Waals surface area contributed by atoms with Crippen LogP contribution in [0, 0.1) is 0 Å². The van der Waals surface area contributed by atoms with Crippen molar-refractivity contribution in [1.29, 1.82) is 0 Å². The third-order valence-electron chi connectivity index (χ3n) is 4.03. The number of thioether (sulfide) groups is 1. The lowest BCUT2D eigenvalue weighted by Crippen LogP contribution is -2.28. The van der Waals surface area contributed by atoms with Gasteiger partial charge in [-0.15, -0.1) is 11.3 Å². The van der Waals surface area contributed by atoms with Crippen molar-refractivity contribution in [2.24, 2.45) is 4.99 Å². The van der Waals surface area contributed by atoms with Gasteiger partial charge in [0, 0.05) is 18.1 Å². The quantitative estimate of drug-likeness (QED) is 0.610. The van der Waals surface area contributed by atoms with Crippen LogP contribution in [0.15, 0.2) is 39.7 Å². The third-order valence-corrected chi connectivity index (χ3v) is 5.70. The molecule has 1 saturated heterocycles. The van der Waals surface area contributed by atoms with Gasteiger partial charge in [0.05, 0.1) is 11.5 Å². The summed E-state index contributed by atoms with van der Waals surface area (Å²) in [5, 5.41) is 12.1. The average molecular weight is 448 g/mol. The lowest BCUT2D eigenvalue weighted by Gasteiger charge is -2.15. The maximum atomic E-state index is 12.8. The van der Waals surface area contributed by atoms with E-state index in [1.807, 2.05) is 19.2 Å². The molecule has 1 aliphatic heterocycles. The van der Waals surface area contributed by atoms with E-state index in [4.69, 9.17) is 14.6 Å². The van der Waals surface area contributed by atoms with Crippen LogP contribution in [-0.4, -0.2) is 51.3 Å². The molecule has 0 saturated carbocycles. The normalized spacial score (nSPS) is 17.6. The molecule has 1 unspecified atom stereocenters. The topological polar surface area (TPSA) is 101 Å². The van der Waals surface area contributed by atoms with E-state index in [1.54, 1.807) is 35.4 Å². The summed E-state index contributed by atoms with van der Waals surface area (Å²) in [6.07, 6.45) is 2.42.